The number of halogens is 1. The van der Waals surface area contributed by atoms with E-state index in [1.165, 1.54) is 0 Å². The first-order valence-electron chi connectivity index (χ1n) is 7.76. The Balaban J connectivity index is 1.80. The largest absolute Gasteiger partial charge is 0.324 e. The highest BCUT2D eigenvalue weighted by atomic mass is 35.5. The number of aryl methyl sites for hydroxylation is 2. The molecule has 126 valence electrons. The summed E-state index contributed by atoms with van der Waals surface area (Å²) >= 11 is 5.98. The lowest BCUT2D eigenvalue weighted by molar-refractivity contribution is 0.102. The Morgan fingerprint density at radius 1 is 0.960 bits per heavy atom. The number of aromatic nitrogens is 2. The summed E-state index contributed by atoms with van der Waals surface area (Å²) in [6.45, 7) is 3.81. The number of rotatable bonds is 4. The van der Waals surface area contributed by atoms with Crippen LogP contribution in [0.4, 0.5) is 17.3 Å². The number of nitrogens with zero attached hydrogens (tertiary/aromatic N) is 2. The van der Waals surface area contributed by atoms with E-state index in [0.29, 0.717) is 16.7 Å². The van der Waals surface area contributed by atoms with E-state index >= 15 is 0 Å². The zero-order valence-electron chi connectivity index (χ0n) is 13.9. The molecule has 0 bridgehead atoms. The number of nitrogens with one attached hydrogen (secondary N) is 2. The predicted molar refractivity (Wildman–Crippen MR) is 101 cm³/mol. The van der Waals surface area contributed by atoms with Crippen LogP contribution in [0.1, 0.15) is 21.7 Å². The van der Waals surface area contributed by atoms with E-state index in [-0.39, 0.29) is 11.6 Å². The number of carbonyl (C=O) groups is 1. The second-order valence-corrected chi connectivity index (χ2v) is 6.11. The molecule has 0 fully saturated rings. The van der Waals surface area contributed by atoms with Crippen LogP contribution in [0, 0.1) is 13.8 Å². The van der Waals surface area contributed by atoms with Crippen LogP contribution in [0.5, 0.6) is 0 Å². The van der Waals surface area contributed by atoms with E-state index in [1.54, 1.807) is 18.2 Å². The first-order valence-corrected chi connectivity index (χ1v) is 8.14. The van der Waals surface area contributed by atoms with Crippen molar-refractivity contribution in [2.75, 3.05) is 10.6 Å². The highest BCUT2D eigenvalue weighted by Gasteiger charge is 2.11. The monoisotopic (exact) mass is 352 g/mol. The second-order valence-electron chi connectivity index (χ2n) is 5.67. The van der Waals surface area contributed by atoms with Crippen LogP contribution in [0.2, 0.25) is 5.02 Å². The maximum absolute atomic E-state index is 12.5. The van der Waals surface area contributed by atoms with Gasteiger partial charge in [-0.25, -0.2) is 9.97 Å². The number of hydrogen-bond acceptors (Lipinski definition) is 4. The maximum atomic E-state index is 12.5. The quantitative estimate of drug-likeness (QED) is 0.711. The lowest BCUT2D eigenvalue weighted by Gasteiger charge is -2.09. The first-order chi connectivity index (χ1) is 12.0. The van der Waals surface area contributed by atoms with Gasteiger partial charge in [0.25, 0.3) is 5.91 Å². The average molecular weight is 353 g/mol. The maximum Gasteiger partial charge on any atom is 0.274 e. The summed E-state index contributed by atoms with van der Waals surface area (Å²) in [4.78, 5) is 21.1. The molecule has 1 aromatic heterocycles. The third kappa shape index (κ3) is 4.55. The van der Waals surface area contributed by atoms with E-state index in [2.05, 4.69) is 20.6 Å². The van der Waals surface area contributed by atoms with Crippen molar-refractivity contribution in [1.82, 2.24) is 9.97 Å². The van der Waals surface area contributed by atoms with Crippen LogP contribution in [0.15, 0.2) is 54.6 Å². The van der Waals surface area contributed by atoms with Crippen molar-refractivity contribution in [1.29, 1.82) is 0 Å². The minimum absolute atomic E-state index is 0.288. The molecule has 5 nitrogen and oxygen atoms in total. The van der Waals surface area contributed by atoms with E-state index < -0.39 is 0 Å². The van der Waals surface area contributed by atoms with Gasteiger partial charge in [0.15, 0.2) is 0 Å². The van der Waals surface area contributed by atoms with Crippen LogP contribution in [0.25, 0.3) is 0 Å². The van der Waals surface area contributed by atoms with Crippen LogP contribution in [-0.4, -0.2) is 15.9 Å². The molecular weight excluding hydrogens is 336 g/mol. The number of anilines is 3. The Morgan fingerprint density at radius 2 is 1.72 bits per heavy atom. The molecule has 0 aliphatic carbocycles. The molecule has 25 heavy (non-hydrogen) atoms. The van der Waals surface area contributed by atoms with Gasteiger partial charge in [0.2, 0.25) is 5.95 Å². The lowest BCUT2D eigenvalue weighted by Crippen LogP contribution is -2.15. The highest BCUT2D eigenvalue weighted by Crippen LogP contribution is 2.19. The summed E-state index contributed by atoms with van der Waals surface area (Å²) in [7, 11) is 0. The predicted octanol–water partition coefficient (Wildman–Crippen LogP) is 4.74. The van der Waals surface area contributed by atoms with Gasteiger partial charge in [-0.3, -0.25) is 4.79 Å². The van der Waals surface area contributed by atoms with Crippen molar-refractivity contribution in [3.05, 3.63) is 76.6 Å². The van der Waals surface area contributed by atoms with Crippen LogP contribution in [0.3, 0.4) is 0 Å². The number of carbonyl (C=O) groups excluding carboxylic acids is 1. The Labute approximate surface area is 151 Å². The summed E-state index contributed by atoms with van der Waals surface area (Å²) in [6, 6.07) is 16.4. The Morgan fingerprint density at radius 3 is 2.44 bits per heavy atom. The molecular formula is C19H17ClN4O. The van der Waals surface area contributed by atoms with Gasteiger partial charge in [0.05, 0.1) is 0 Å². The molecule has 3 aromatic rings. The Bertz CT molecular complexity index is 910. The Hall–Kier alpha value is -2.92. The zero-order chi connectivity index (χ0) is 17.8. The molecule has 0 aliphatic rings. The van der Waals surface area contributed by atoms with E-state index in [9.17, 15) is 4.79 Å². The van der Waals surface area contributed by atoms with Crippen molar-refractivity contribution in [3.63, 3.8) is 0 Å². The van der Waals surface area contributed by atoms with Gasteiger partial charge >= 0.3 is 0 Å². The van der Waals surface area contributed by atoms with Gasteiger partial charge in [-0.15, -0.1) is 0 Å². The van der Waals surface area contributed by atoms with Crippen molar-refractivity contribution >= 4 is 34.8 Å². The molecule has 6 heteroatoms. The third-order valence-electron chi connectivity index (χ3n) is 3.48. The molecule has 0 spiro atoms. The van der Waals surface area contributed by atoms with Crippen molar-refractivity contribution in [2.24, 2.45) is 0 Å². The van der Waals surface area contributed by atoms with Gasteiger partial charge < -0.3 is 10.6 Å². The smallest absolute Gasteiger partial charge is 0.274 e. The topological polar surface area (TPSA) is 66.9 Å². The Kier molecular flexibility index (Phi) is 4.95. The molecule has 2 aromatic carbocycles. The van der Waals surface area contributed by atoms with E-state index in [0.717, 1.165) is 16.9 Å². The van der Waals surface area contributed by atoms with Crippen LogP contribution in [-0.2, 0) is 0 Å². The molecule has 0 radical (unpaired) electrons. The lowest BCUT2D eigenvalue weighted by atomic mass is 10.2. The van der Waals surface area contributed by atoms with Gasteiger partial charge in [0, 0.05) is 22.1 Å². The molecule has 2 N–H and O–H groups in total. The molecule has 0 unspecified atom stereocenters. The van der Waals surface area contributed by atoms with Gasteiger partial charge in [0.1, 0.15) is 5.69 Å². The van der Waals surface area contributed by atoms with E-state index in [4.69, 9.17) is 11.6 Å². The summed E-state index contributed by atoms with van der Waals surface area (Å²) in [5, 5.41) is 6.51. The normalized spacial score (nSPS) is 10.4. The summed E-state index contributed by atoms with van der Waals surface area (Å²) < 4.78 is 0. The standard InChI is InChI=1S/C19H17ClN4O/c1-12-6-8-15(9-7-12)22-18(25)17-10-13(2)21-19(24-17)23-16-5-3-4-14(20)11-16/h3-11H,1-2H3,(H,22,25)(H,21,23,24). The molecule has 0 saturated carbocycles. The van der Waals surface area contributed by atoms with Crippen molar-refractivity contribution in [2.45, 2.75) is 13.8 Å². The van der Waals surface area contributed by atoms with Crippen LogP contribution < -0.4 is 10.6 Å². The summed E-state index contributed by atoms with van der Waals surface area (Å²) in [6.07, 6.45) is 0. The fraction of sp³-hybridized carbons (Fsp3) is 0.105. The average Bonchev–Trinajstić information content (AvgIpc) is 2.56. The highest BCUT2D eigenvalue weighted by molar-refractivity contribution is 6.30. The van der Waals surface area contributed by atoms with Gasteiger partial charge in [-0.2, -0.15) is 0 Å². The van der Waals surface area contributed by atoms with Gasteiger partial charge in [-0.05, 0) is 50.2 Å². The molecule has 3 rings (SSSR count). The molecule has 0 aliphatic heterocycles. The fourth-order valence-electron chi connectivity index (χ4n) is 2.27. The van der Waals surface area contributed by atoms with Gasteiger partial charge in [-0.1, -0.05) is 35.4 Å². The summed E-state index contributed by atoms with van der Waals surface area (Å²) in [5.74, 6) is 0.0554. The number of benzene rings is 2. The fourth-order valence-corrected chi connectivity index (χ4v) is 2.46. The molecule has 1 heterocycles. The number of amides is 1. The molecule has 0 atom stereocenters. The third-order valence-corrected chi connectivity index (χ3v) is 3.71. The minimum atomic E-state index is -0.288. The molecule has 1 amide bonds. The molecule has 0 saturated heterocycles. The number of hydrogen-bond donors (Lipinski definition) is 2. The summed E-state index contributed by atoms with van der Waals surface area (Å²) in [5.41, 5.74) is 3.58. The second kappa shape index (κ2) is 7.32. The SMILES string of the molecule is Cc1ccc(NC(=O)c2cc(C)nc(Nc3cccc(Cl)c3)n2)cc1. The van der Waals surface area contributed by atoms with Crippen LogP contribution >= 0.6 is 11.6 Å². The van der Waals surface area contributed by atoms with Crippen molar-refractivity contribution < 1.29 is 4.79 Å². The first kappa shape index (κ1) is 16.9. The zero-order valence-corrected chi connectivity index (χ0v) is 14.6. The van der Waals surface area contributed by atoms with Crippen molar-refractivity contribution in [3.8, 4) is 0 Å². The minimum Gasteiger partial charge on any atom is -0.324 e. The van der Waals surface area contributed by atoms with E-state index in [1.807, 2.05) is 50.2 Å².